The Bertz CT molecular complexity index is 768. The summed E-state index contributed by atoms with van der Waals surface area (Å²) in [7, 11) is 0. The predicted molar refractivity (Wildman–Crippen MR) is 102 cm³/mol. The number of carbonyl (C=O) groups is 4. The zero-order valence-electron chi connectivity index (χ0n) is 15.2. The third-order valence-electron chi connectivity index (χ3n) is 3.69. The van der Waals surface area contributed by atoms with Gasteiger partial charge in [-0.05, 0) is 0 Å². The van der Waals surface area contributed by atoms with Gasteiger partial charge in [-0.15, -0.1) is 0 Å². The SMILES string of the molecule is O=C(/C=C/C(=O)OCCC(=O)c1ccccc1)OCCC(=O)c1ccccc1. The zero-order valence-corrected chi connectivity index (χ0v) is 15.2. The molecule has 2 rings (SSSR count). The molecule has 6 nitrogen and oxygen atoms in total. The molecule has 0 amide bonds. The predicted octanol–water partition coefficient (Wildman–Crippen LogP) is 3.18. The van der Waals surface area contributed by atoms with E-state index in [0.717, 1.165) is 12.2 Å². The van der Waals surface area contributed by atoms with E-state index in [1.54, 1.807) is 60.7 Å². The van der Waals surface area contributed by atoms with Crippen molar-refractivity contribution in [2.24, 2.45) is 0 Å². The van der Waals surface area contributed by atoms with Crippen LogP contribution in [-0.4, -0.2) is 36.7 Å². The topological polar surface area (TPSA) is 86.7 Å². The number of ether oxygens (including phenoxy) is 2. The van der Waals surface area contributed by atoms with Crippen molar-refractivity contribution >= 4 is 23.5 Å². The number of carbonyl (C=O) groups excluding carboxylic acids is 4. The highest BCUT2D eigenvalue weighted by molar-refractivity contribution is 5.97. The highest BCUT2D eigenvalue weighted by Crippen LogP contribution is 2.04. The number of hydrogen-bond acceptors (Lipinski definition) is 6. The molecule has 2 aromatic carbocycles. The molecule has 0 bridgehead atoms. The molecule has 0 aliphatic heterocycles. The Morgan fingerprint density at radius 2 is 0.964 bits per heavy atom. The molecule has 2 aromatic rings. The number of rotatable bonds is 10. The van der Waals surface area contributed by atoms with Crippen LogP contribution in [0.4, 0.5) is 0 Å². The fraction of sp³-hybridized carbons (Fsp3) is 0.182. The fourth-order valence-electron chi connectivity index (χ4n) is 2.26. The molecule has 0 saturated heterocycles. The molecule has 0 fully saturated rings. The van der Waals surface area contributed by atoms with Gasteiger partial charge in [0.25, 0.3) is 0 Å². The molecule has 0 aliphatic carbocycles. The lowest BCUT2D eigenvalue weighted by Gasteiger charge is -2.03. The summed E-state index contributed by atoms with van der Waals surface area (Å²) in [4.78, 5) is 46.8. The maximum absolute atomic E-state index is 11.9. The van der Waals surface area contributed by atoms with Gasteiger partial charge in [0.05, 0.1) is 13.2 Å². The minimum Gasteiger partial charge on any atom is -0.462 e. The van der Waals surface area contributed by atoms with Crippen LogP contribution in [0.15, 0.2) is 72.8 Å². The van der Waals surface area contributed by atoms with Crippen LogP contribution in [0.25, 0.3) is 0 Å². The van der Waals surface area contributed by atoms with E-state index in [1.807, 2.05) is 0 Å². The van der Waals surface area contributed by atoms with Crippen molar-refractivity contribution in [2.75, 3.05) is 13.2 Å². The number of benzene rings is 2. The van der Waals surface area contributed by atoms with Crippen LogP contribution in [0.3, 0.4) is 0 Å². The Morgan fingerprint density at radius 3 is 1.32 bits per heavy atom. The van der Waals surface area contributed by atoms with E-state index in [1.165, 1.54) is 0 Å². The molecule has 0 spiro atoms. The Morgan fingerprint density at radius 1 is 0.607 bits per heavy atom. The normalized spacial score (nSPS) is 10.4. The fourth-order valence-corrected chi connectivity index (χ4v) is 2.26. The van der Waals surface area contributed by atoms with Crippen LogP contribution >= 0.6 is 0 Å². The zero-order chi connectivity index (χ0) is 20.2. The van der Waals surface area contributed by atoms with Crippen molar-refractivity contribution in [1.82, 2.24) is 0 Å². The average molecular weight is 380 g/mol. The van der Waals surface area contributed by atoms with Crippen LogP contribution in [-0.2, 0) is 19.1 Å². The molecule has 0 saturated carbocycles. The van der Waals surface area contributed by atoms with E-state index >= 15 is 0 Å². The summed E-state index contributed by atoms with van der Waals surface area (Å²) in [5, 5.41) is 0. The minimum atomic E-state index is -0.752. The van der Waals surface area contributed by atoms with Gasteiger partial charge in [0.2, 0.25) is 0 Å². The van der Waals surface area contributed by atoms with Crippen molar-refractivity contribution in [3.05, 3.63) is 83.9 Å². The summed E-state index contributed by atoms with van der Waals surface area (Å²) in [5.41, 5.74) is 1.09. The van der Waals surface area contributed by atoms with Gasteiger partial charge in [0, 0.05) is 36.1 Å². The average Bonchev–Trinajstić information content (AvgIpc) is 2.73. The van der Waals surface area contributed by atoms with Crippen molar-refractivity contribution in [1.29, 1.82) is 0 Å². The Balaban J connectivity index is 1.62. The van der Waals surface area contributed by atoms with Gasteiger partial charge in [0.15, 0.2) is 11.6 Å². The maximum atomic E-state index is 11.9. The van der Waals surface area contributed by atoms with E-state index in [9.17, 15) is 19.2 Å². The molecule has 28 heavy (non-hydrogen) atoms. The molecule has 0 aliphatic rings. The van der Waals surface area contributed by atoms with Crippen LogP contribution < -0.4 is 0 Å². The second-order valence-electron chi connectivity index (χ2n) is 5.75. The lowest BCUT2D eigenvalue weighted by atomic mass is 10.1. The molecular weight excluding hydrogens is 360 g/mol. The minimum absolute atomic E-state index is 0.0512. The third kappa shape index (κ3) is 7.37. The smallest absolute Gasteiger partial charge is 0.331 e. The first-order valence-corrected chi connectivity index (χ1v) is 8.74. The molecule has 0 N–H and O–H groups in total. The number of ketones is 2. The maximum Gasteiger partial charge on any atom is 0.331 e. The van der Waals surface area contributed by atoms with Gasteiger partial charge in [-0.2, -0.15) is 0 Å². The first-order chi connectivity index (χ1) is 13.6. The standard InChI is InChI=1S/C22H20O6/c23-19(17-7-3-1-4-8-17)13-15-27-21(25)11-12-22(26)28-16-14-20(24)18-9-5-2-6-10-18/h1-12H,13-16H2/b12-11+. The molecule has 0 atom stereocenters. The molecule has 6 heteroatoms. The van der Waals surface area contributed by atoms with Gasteiger partial charge < -0.3 is 9.47 Å². The lowest BCUT2D eigenvalue weighted by Crippen LogP contribution is -2.10. The Labute approximate surface area is 162 Å². The van der Waals surface area contributed by atoms with Crippen molar-refractivity contribution in [3.63, 3.8) is 0 Å². The van der Waals surface area contributed by atoms with E-state index in [4.69, 9.17) is 9.47 Å². The van der Waals surface area contributed by atoms with Crippen LogP contribution in [0.5, 0.6) is 0 Å². The summed E-state index contributed by atoms with van der Waals surface area (Å²) < 4.78 is 9.75. The lowest BCUT2D eigenvalue weighted by molar-refractivity contribution is -0.140. The van der Waals surface area contributed by atoms with Crippen molar-refractivity contribution in [3.8, 4) is 0 Å². The van der Waals surface area contributed by atoms with Gasteiger partial charge in [0.1, 0.15) is 0 Å². The summed E-state index contributed by atoms with van der Waals surface area (Å²) in [6, 6.07) is 17.3. The van der Waals surface area contributed by atoms with Crippen LogP contribution in [0, 0.1) is 0 Å². The summed E-state index contributed by atoms with van der Waals surface area (Å²) >= 11 is 0. The molecule has 0 heterocycles. The largest absolute Gasteiger partial charge is 0.462 e. The Hall–Kier alpha value is -3.54. The third-order valence-corrected chi connectivity index (χ3v) is 3.69. The highest BCUT2D eigenvalue weighted by Gasteiger charge is 2.08. The van der Waals surface area contributed by atoms with Gasteiger partial charge in [-0.1, -0.05) is 60.7 Å². The van der Waals surface area contributed by atoms with Gasteiger partial charge >= 0.3 is 11.9 Å². The second-order valence-corrected chi connectivity index (χ2v) is 5.75. The number of Topliss-reactive ketones (excluding diaryl/α,β-unsaturated/α-hetero) is 2. The quantitative estimate of drug-likeness (QED) is 0.357. The summed E-state index contributed by atoms with van der Waals surface area (Å²) in [6.07, 6.45) is 1.95. The van der Waals surface area contributed by atoms with Crippen molar-refractivity contribution < 1.29 is 28.7 Å². The monoisotopic (exact) mass is 380 g/mol. The first-order valence-electron chi connectivity index (χ1n) is 8.74. The van der Waals surface area contributed by atoms with E-state index in [2.05, 4.69) is 0 Å². The molecule has 0 aromatic heterocycles. The van der Waals surface area contributed by atoms with Gasteiger partial charge in [-0.3, -0.25) is 9.59 Å². The number of esters is 2. The van der Waals surface area contributed by atoms with E-state index in [0.29, 0.717) is 11.1 Å². The second kappa shape index (κ2) is 11.2. The first kappa shape index (κ1) is 20.8. The summed E-state index contributed by atoms with van der Waals surface area (Å²) in [5.74, 6) is -1.78. The molecule has 144 valence electrons. The van der Waals surface area contributed by atoms with Crippen LogP contribution in [0.2, 0.25) is 0 Å². The van der Waals surface area contributed by atoms with Crippen LogP contribution in [0.1, 0.15) is 33.6 Å². The van der Waals surface area contributed by atoms with E-state index < -0.39 is 11.9 Å². The molecule has 0 radical (unpaired) electrons. The Kier molecular flexibility index (Phi) is 8.33. The number of hydrogen-bond donors (Lipinski definition) is 0. The molecule has 0 unspecified atom stereocenters. The highest BCUT2D eigenvalue weighted by atomic mass is 16.5. The summed E-state index contributed by atoms with van der Waals surface area (Å²) in [6.45, 7) is -0.172. The van der Waals surface area contributed by atoms with Crippen molar-refractivity contribution in [2.45, 2.75) is 12.8 Å². The molecular formula is C22H20O6. The van der Waals surface area contributed by atoms with Gasteiger partial charge in [-0.25, -0.2) is 9.59 Å². The van der Waals surface area contributed by atoms with E-state index in [-0.39, 0.29) is 37.6 Å².